The summed E-state index contributed by atoms with van der Waals surface area (Å²) < 4.78 is 18.5. The van der Waals surface area contributed by atoms with E-state index in [1.807, 2.05) is 43.3 Å². The molecule has 8 heteroatoms. The van der Waals surface area contributed by atoms with Crippen LogP contribution in [0, 0.1) is 11.3 Å². The van der Waals surface area contributed by atoms with Crippen molar-refractivity contribution in [1.29, 1.82) is 5.26 Å². The van der Waals surface area contributed by atoms with E-state index in [0.717, 1.165) is 21.0 Å². The lowest BCUT2D eigenvalue weighted by molar-refractivity contribution is 0.0929. The highest BCUT2D eigenvalue weighted by molar-refractivity contribution is 9.10. The van der Waals surface area contributed by atoms with Gasteiger partial charge in [0, 0.05) is 21.0 Å². The first-order valence-electron chi connectivity index (χ1n) is 11.6. The Hall–Kier alpha value is -4.35. The molecule has 0 saturated heterocycles. The number of nitrogens with zero attached hydrogens (tertiary/aromatic N) is 2. The third kappa shape index (κ3) is 6.26. The summed E-state index contributed by atoms with van der Waals surface area (Å²) in [6.07, 6.45) is 3.82. The summed E-state index contributed by atoms with van der Waals surface area (Å²) in [5, 5.41) is 14.3. The third-order valence-electron chi connectivity index (χ3n) is 5.41. The molecule has 0 aliphatic rings. The van der Waals surface area contributed by atoms with Crippen LogP contribution >= 0.6 is 15.9 Å². The van der Waals surface area contributed by atoms with Gasteiger partial charge < -0.3 is 13.9 Å². The van der Waals surface area contributed by atoms with E-state index < -0.39 is 5.91 Å². The smallest absolute Gasteiger partial charge is 0.307 e. The minimum Gasteiger partial charge on any atom is -0.490 e. The van der Waals surface area contributed by atoms with Gasteiger partial charge in [0.25, 0.3) is 0 Å². The van der Waals surface area contributed by atoms with Crippen molar-refractivity contribution in [3.63, 3.8) is 0 Å². The summed E-state index contributed by atoms with van der Waals surface area (Å²) in [6, 6.07) is 20.3. The van der Waals surface area contributed by atoms with Crippen LogP contribution in [0.5, 0.6) is 11.5 Å². The molecule has 1 heterocycles. The molecule has 0 unspecified atom stereocenters. The van der Waals surface area contributed by atoms with Gasteiger partial charge in [0.15, 0.2) is 17.3 Å². The Morgan fingerprint density at radius 3 is 2.78 bits per heavy atom. The highest BCUT2D eigenvalue weighted by Gasteiger charge is 2.15. The molecule has 0 fully saturated rings. The molecular formula is C29H24BrN3O4. The molecule has 3 aromatic carbocycles. The highest BCUT2D eigenvalue weighted by atomic mass is 79.9. The van der Waals surface area contributed by atoms with Crippen LogP contribution in [0.2, 0.25) is 0 Å². The van der Waals surface area contributed by atoms with Gasteiger partial charge in [-0.1, -0.05) is 40.2 Å². The maximum Gasteiger partial charge on any atom is 0.307 e. The maximum atomic E-state index is 12.5. The molecule has 1 amide bonds. The van der Waals surface area contributed by atoms with E-state index in [2.05, 4.69) is 39.1 Å². The first kappa shape index (κ1) is 25.7. The molecule has 4 rings (SSSR count). The minimum atomic E-state index is -0.462. The van der Waals surface area contributed by atoms with E-state index in [-0.39, 0.29) is 12.4 Å². The van der Waals surface area contributed by atoms with Gasteiger partial charge in [0.05, 0.1) is 24.5 Å². The maximum absolute atomic E-state index is 12.5. The number of allylic oxidation sites excluding steroid dienone is 1. The predicted molar refractivity (Wildman–Crippen MR) is 146 cm³/mol. The average Bonchev–Trinajstić information content (AvgIpc) is 3.32. The van der Waals surface area contributed by atoms with Gasteiger partial charge in [-0.15, -0.1) is 6.58 Å². The predicted octanol–water partition coefficient (Wildman–Crippen LogP) is 6.54. The Balaban J connectivity index is 1.54. The van der Waals surface area contributed by atoms with Gasteiger partial charge in [-0.2, -0.15) is 10.4 Å². The van der Waals surface area contributed by atoms with Crippen LogP contribution in [0.4, 0.5) is 0 Å². The molecule has 0 atom stereocenters. The normalized spacial score (nSPS) is 10.8. The van der Waals surface area contributed by atoms with Crippen LogP contribution in [-0.2, 0) is 13.0 Å². The van der Waals surface area contributed by atoms with Crippen LogP contribution in [-0.4, -0.2) is 18.7 Å². The van der Waals surface area contributed by atoms with Gasteiger partial charge in [-0.3, -0.25) is 4.79 Å². The van der Waals surface area contributed by atoms with Crippen molar-refractivity contribution in [3.8, 4) is 17.6 Å². The number of carbonyl (C=O) groups is 1. The first-order chi connectivity index (χ1) is 18.0. The number of benzene rings is 3. The number of hydrogen-bond donors (Lipinski definition) is 1. The number of nitriles is 1. The second kappa shape index (κ2) is 12.1. The molecule has 0 bridgehead atoms. The fourth-order valence-corrected chi connectivity index (χ4v) is 4.12. The van der Waals surface area contributed by atoms with Crippen molar-refractivity contribution in [3.05, 3.63) is 106 Å². The molecule has 1 aromatic heterocycles. The van der Waals surface area contributed by atoms with Crippen LogP contribution < -0.4 is 14.9 Å². The zero-order valence-electron chi connectivity index (χ0n) is 20.2. The fraction of sp³-hybridized carbons (Fsp3) is 0.138. The number of hydrogen-bond acceptors (Lipinski definition) is 6. The number of ether oxygens (including phenoxy) is 2. The number of hydrazone groups is 1. The van der Waals surface area contributed by atoms with Gasteiger partial charge >= 0.3 is 5.91 Å². The second-order valence-electron chi connectivity index (χ2n) is 7.98. The van der Waals surface area contributed by atoms with Crippen molar-refractivity contribution < 1.29 is 18.7 Å². The third-order valence-corrected chi connectivity index (χ3v) is 5.90. The topological polar surface area (TPSA) is 96.8 Å². The monoisotopic (exact) mass is 557 g/mol. The van der Waals surface area contributed by atoms with Crippen molar-refractivity contribution in [2.24, 2.45) is 5.10 Å². The Labute approximate surface area is 223 Å². The number of amides is 1. The lowest BCUT2D eigenvalue weighted by Gasteiger charge is -2.17. The van der Waals surface area contributed by atoms with Crippen LogP contribution in [0.15, 0.2) is 87.3 Å². The van der Waals surface area contributed by atoms with Crippen molar-refractivity contribution in [2.45, 2.75) is 20.0 Å². The largest absolute Gasteiger partial charge is 0.490 e. The number of fused-ring (bicyclic) bond motifs is 1. The van der Waals surface area contributed by atoms with Gasteiger partial charge in [-0.05, 0) is 61.4 Å². The first-order valence-corrected chi connectivity index (χ1v) is 12.4. The zero-order chi connectivity index (χ0) is 26.2. The van der Waals surface area contributed by atoms with E-state index in [0.29, 0.717) is 41.2 Å². The fourth-order valence-electron chi connectivity index (χ4n) is 3.74. The van der Waals surface area contributed by atoms with E-state index in [9.17, 15) is 10.1 Å². The summed E-state index contributed by atoms with van der Waals surface area (Å²) in [5.74, 6) is 0.807. The number of halogens is 1. The van der Waals surface area contributed by atoms with Crippen molar-refractivity contribution in [1.82, 2.24) is 5.43 Å². The molecule has 0 spiro atoms. The van der Waals surface area contributed by atoms with E-state index in [1.54, 1.807) is 30.3 Å². The zero-order valence-corrected chi connectivity index (χ0v) is 21.7. The quantitative estimate of drug-likeness (QED) is 0.136. The van der Waals surface area contributed by atoms with Crippen LogP contribution in [0.25, 0.3) is 11.0 Å². The summed E-state index contributed by atoms with van der Waals surface area (Å²) in [6.45, 7) is 6.37. The Kier molecular flexibility index (Phi) is 8.39. The van der Waals surface area contributed by atoms with Gasteiger partial charge in [0.1, 0.15) is 12.2 Å². The number of nitrogens with one attached hydrogen (secondary N) is 1. The molecular weight excluding hydrogens is 534 g/mol. The SMILES string of the molecule is C=CCc1cc(/C=N/NC(=O)c2cc3cc(Br)ccc3o2)cc(OCC)c1OCc1ccccc1C#N. The molecule has 37 heavy (non-hydrogen) atoms. The lowest BCUT2D eigenvalue weighted by Crippen LogP contribution is -2.16. The van der Waals surface area contributed by atoms with Crippen molar-refractivity contribution in [2.75, 3.05) is 6.61 Å². The Morgan fingerprint density at radius 2 is 2.00 bits per heavy atom. The molecule has 4 aromatic rings. The van der Waals surface area contributed by atoms with Gasteiger partial charge in [0.2, 0.25) is 0 Å². The molecule has 0 saturated carbocycles. The number of carbonyl (C=O) groups excluding carboxylic acids is 1. The molecule has 0 aliphatic carbocycles. The van der Waals surface area contributed by atoms with E-state index in [4.69, 9.17) is 13.9 Å². The highest BCUT2D eigenvalue weighted by Crippen LogP contribution is 2.34. The van der Waals surface area contributed by atoms with Gasteiger partial charge in [-0.25, -0.2) is 5.43 Å². The number of furan rings is 1. The summed E-state index contributed by atoms with van der Waals surface area (Å²) in [7, 11) is 0. The van der Waals surface area contributed by atoms with Crippen molar-refractivity contribution >= 4 is 39.0 Å². The minimum absolute atomic E-state index is 0.161. The molecule has 0 radical (unpaired) electrons. The van der Waals surface area contributed by atoms with E-state index in [1.165, 1.54) is 6.21 Å². The molecule has 186 valence electrons. The van der Waals surface area contributed by atoms with Crippen LogP contribution in [0.1, 0.15) is 39.7 Å². The Bertz CT molecular complexity index is 1520. The molecule has 7 nitrogen and oxygen atoms in total. The summed E-state index contributed by atoms with van der Waals surface area (Å²) in [5.41, 5.74) is 6.00. The van der Waals surface area contributed by atoms with E-state index >= 15 is 0 Å². The average molecular weight is 558 g/mol. The second-order valence-corrected chi connectivity index (χ2v) is 8.90. The number of rotatable bonds is 10. The lowest BCUT2D eigenvalue weighted by atomic mass is 10.1. The molecule has 0 aliphatic heterocycles. The molecule has 1 N–H and O–H groups in total. The summed E-state index contributed by atoms with van der Waals surface area (Å²) in [4.78, 5) is 12.5. The standard InChI is InChI=1S/C29H24BrN3O4/c1-3-7-20-12-19(17-32-33-29(34)27-15-23-14-24(30)10-11-25(23)37-27)13-26(35-4-2)28(20)36-18-22-9-6-5-8-21(22)16-31/h3,5-6,8-15,17H,1,4,7,18H2,2H3,(H,33,34)/b32-17+. The summed E-state index contributed by atoms with van der Waals surface area (Å²) >= 11 is 3.41. The Morgan fingerprint density at radius 1 is 1.16 bits per heavy atom. The van der Waals surface area contributed by atoms with Crippen LogP contribution in [0.3, 0.4) is 0 Å².